The summed E-state index contributed by atoms with van der Waals surface area (Å²) in [6.07, 6.45) is -7.40. The predicted octanol–water partition coefficient (Wildman–Crippen LogP) is 3.69. The smallest absolute Gasteiger partial charge is 0.481 e. The summed E-state index contributed by atoms with van der Waals surface area (Å²) in [5.41, 5.74) is -0.797. The van der Waals surface area contributed by atoms with E-state index in [9.17, 15) is 22.0 Å². The summed E-state index contributed by atoms with van der Waals surface area (Å²) in [4.78, 5) is 3.31. The molecule has 0 saturated carbocycles. The van der Waals surface area contributed by atoms with E-state index in [4.69, 9.17) is 0 Å². The fourth-order valence-corrected chi connectivity index (χ4v) is 1.54. The lowest BCUT2D eigenvalue weighted by molar-refractivity contribution is -0.275. The molecule has 0 saturated heterocycles. The average Bonchev–Trinajstić information content (AvgIpc) is 2.18. The van der Waals surface area contributed by atoms with Gasteiger partial charge in [-0.15, -0.1) is 13.2 Å². The minimum atomic E-state index is -4.99. The van der Waals surface area contributed by atoms with Crippen molar-refractivity contribution in [1.29, 1.82) is 0 Å². The van der Waals surface area contributed by atoms with Gasteiger partial charge in [-0.2, -0.15) is 0 Å². The fraction of sp³-hybridized carbons (Fsp3) is 0.375. The van der Waals surface area contributed by atoms with Crippen LogP contribution in [-0.2, 0) is 0 Å². The largest absolute Gasteiger partial charge is 0.573 e. The molecule has 0 aromatic carbocycles. The molecule has 0 fully saturated rings. The third-order valence-electron chi connectivity index (χ3n) is 1.62. The lowest BCUT2D eigenvalue weighted by Crippen LogP contribution is -2.18. The summed E-state index contributed by atoms with van der Waals surface area (Å²) in [5, 5.41) is 0. The van der Waals surface area contributed by atoms with E-state index < -0.39 is 34.5 Å². The maximum atomic E-state index is 12.6. The summed E-state index contributed by atoms with van der Waals surface area (Å²) < 4.78 is 68.5. The van der Waals surface area contributed by atoms with Crippen molar-refractivity contribution in [2.24, 2.45) is 0 Å². The van der Waals surface area contributed by atoms with Crippen LogP contribution in [0.4, 0.5) is 22.0 Å². The highest BCUT2D eigenvalue weighted by molar-refractivity contribution is 9.10. The van der Waals surface area contributed by atoms with Gasteiger partial charge in [-0.05, 0) is 15.9 Å². The monoisotopic (exact) mass is 321 g/mol. The van der Waals surface area contributed by atoms with E-state index in [0.29, 0.717) is 6.20 Å². The summed E-state index contributed by atoms with van der Waals surface area (Å²) in [6.45, 7) is 0. The number of pyridine rings is 1. The summed E-state index contributed by atoms with van der Waals surface area (Å²) in [7, 11) is 1.07. The topological polar surface area (TPSA) is 31.4 Å². The molecule has 96 valence electrons. The number of hydrogen-bond donors (Lipinski definition) is 0. The van der Waals surface area contributed by atoms with Crippen molar-refractivity contribution >= 4 is 15.9 Å². The molecule has 0 atom stereocenters. The van der Waals surface area contributed by atoms with Crippen LogP contribution in [0.2, 0.25) is 0 Å². The maximum Gasteiger partial charge on any atom is 0.573 e. The second kappa shape index (κ2) is 5.03. The average molecular weight is 322 g/mol. The third kappa shape index (κ3) is 3.42. The second-order valence-electron chi connectivity index (χ2n) is 2.71. The van der Waals surface area contributed by atoms with Gasteiger partial charge in [0.15, 0.2) is 5.75 Å². The first kappa shape index (κ1) is 13.9. The van der Waals surface area contributed by atoms with Gasteiger partial charge in [-0.1, -0.05) is 0 Å². The number of aromatic nitrogens is 1. The van der Waals surface area contributed by atoms with Gasteiger partial charge in [0.2, 0.25) is 5.88 Å². The molecule has 0 radical (unpaired) electrons. The zero-order valence-electron chi connectivity index (χ0n) is 8.19. The Labute approximate surface area is 101 Å². The molecule has 0 N–H and O–H groups in total. The van der Waals surface area contributed by atoms with Crippen LogP contribution < -0.4 is 9.47 Å². The van der Waals surface area contributed by atoms with Gasteiger partial charge in [0.1, 0.15) is 0 Å². The Kier molecular flexibility index (Phi) is 4.12. The van der Waals surface area contributed by atoms with Crippen LogP contribution in [0.1, 0.15) is 12.0 Å². The molecule has 0 aliphatic heterocycles. The molecule has 17 heavy (non-hydrogen) atoms. The minimum absolute atomic E-state index is 0.471. The van der Waals surface area contributed by atoms with Crippen molar-refractivity contribution in [1.82, 2.24) is 4.98 Å². The van der Waals surface area contributed by atoms with Gasteiger partial charge in [0.05, 0.1) is 23.3 Å². The summed E-state index contributed by atoms with van der Waals surface area (Å²) in [6, 6.07) is 0. The van der Waals surface area contributed by atoms with Crippen LogP contribution in [0.15, 0.2) is 10.7 Å². The fourth-order valence-electron chi connectivity index (χ4n) is 1.02. The first-order valence-corrected chi connectivity index (χ1v) is 4.82. The van der Waals surface area contributed by atoms with E-state index in [0.717, 1.165) is 7.11 Å². The molecule has 0 aliphatic rings. The Hall–Kier alpha value is -1.12. The lowest BCUT2D eigenvalue weighted by atomic mass is 10.2. The normalized spacial score (nSPS) is 11.8. The van der Waals surface area contributed by atoms with Gasteiger partial charge < -0.3 is 9.47 Å². The van der Waals surface area contributed by atoms with Crippen molar-refractivity contribution in [2.75, 3.05) is 7.11 Å². The third-order valence-corrected chi connectivity index (χ3v) is 2.44. The number of nitrogens with zero attached hydrogens (tertiary/aromatic N) is 1. The molecule has 1 rings (SSSR count). The van der Waals surface area contributed by atoms with Gasteiger partial charge in [-0.25, -0.2) is 13.8 Å². The minimum Gasteiger partial charge on any atom is -0.481 e. The summed E-state index contributed by atoms with van der Waals surface area (Å²) >= 11 is 2.60. The highest BCUT2D eigenvalue weighted by Crippen LogP contribution is 2.40. The molecule has 3 nitrogen and oxygen atoms in total. The van der Waals surface area contributed by atoms with Crippen molar-refractivity contribution in [2.45, 2.75) is 12.8 Å². The van der Waals surface area contributed by atoms with Crippen LogP contribution in [0.3, 0.4) is 0 Å². The quantitative estimate of drug-likeness (QED) is 0.796. The van der Waals surface area contributed by atoms with Crippen molar-refractivity contribution in [3.8, 4) is 11.6 Å². The number of methoxy groups -OCH3 is 1. The van der Waals surface area contributed by atoms with E-state index in [1.54, 1.807) is 0 Å². The molecule has 1 aromatic heterocycles. The van der Waals surface area contributed by atoms with Crippen LogP contribution in [-0.4, -0.2) is 18.5 Å². The molecule has 0 amide bonds. The van der Waals surface area contributed by atoms with Gasteiger partial charge >= 0.3 is 6.36 Å². The van der Waals surface area contributed by atoms with Crippen LogP contribution >= 0.6 is 15.9 Å². The van der Waals surface area contributed by atoms with Crippen LogP contribution in [0.5, 0.6) is 11.6 Å². The predicted molar refractivity (Wildman–Crippen MR) is 50.1 cm³/mol. The van der Waals surface area contributed by atoms with E-state index >= 15 is 0 Å². The number of alkyl halides is 5. The van der Waals surface area contributed by atoms with Crippen molar-refractivity contribution in [3.05, 3.63) is 16.2 Å². The maximum absolute atomic E-state index is 12.6. The Balaban J connectivity index is 3.23. The number of halogens is 6. The van der Waals surface area contributed by atoms with Crippen LogP contribution in [0, 0.1) is 0 Å². The SMILES string of the molecule is COc1ncc(OC(F)(F)F)c(Br)c1C(F)F. The van der Waals surface area contributed by atoms with E-state index in [2.05, 4.69) is 30.4 Å². The van der Waals surface area contributed by atoms with E-state index in [1.807, 2.05) is 0 Å². The number of rotatable bonds is 3. The highest BCUT2D eigenvalue weighted by Gasteiger charge is 2.34. The first-order valence-electron chi connectivity index (χ1n) is 4.02. The standard InChI is InChI=1S/C8H5BrF5NO2/c1-16-7-4(6(10)11)5(9)3(2-15-7)17-8(12,13)14/h2,6H,1H3. The number of ether oxygens (including phenoxy) is 2. The lowest BCUT2D eigenvalue weighted by Gasteiger charge is -2.14. The van der Waals surface area contributed by atoms with Crippen LogP contribution in [0.25, 0.3) is 0 Å². The molecule has 0 bridgehead atoms. The van der Waals surface area contributed by atoms with Crippen molar-refractivity contribution in [3.63, 3.8) is 0 Å². The zero-order valence-corrected chi connectivity index (χ0v) is 9.77. The molecule has 9 heteroatoms. The molecule has 1 aromatic rings. The van der Waals surface area contributed by atoms with Gasteiger partial charge in [0, 0.05) is 0 Å². The van der Waals surface area contributed by atoms with Gasteiger partial charge in [-0.3, -0.25) is 0 Å². The molecular formula is C8H5BrF5NO2. The first-order chi connectivity index (χ1) is 7.76. The molecule has 1 heterocycles. The molecule has 0 unspecified atom stereocenters. The Morgan fingerprint density at radius 1 is 1.35 bits per heavy atom. The Morgan fingerprint density at radius 2 is 1.94 bits per heavy atom. The Bertz CT molecular complexity index is 410. The van der Waals surface area contributed by atoms with E-state index in [-0.39, 0.29) is 0 Å². The molecule has 0 spiro atoms. The molecular weight excluding hydrogens is 317 g/mol. The molecule has 0 aliphatic carbocycles. The Morgan fingerprint density at radius 3 is 2.35 bits per heavy atom. The number of hydrogen-bond acceptors (Lipinski definition) is 3. The zero-order chi connectivity index (χ0) is 13.2. The van der Waals surface area contributed by atoms with Crippen molar-refractivity contribution < 1.29 is 31.4 Å². The second-order valence-corrected chi connectivity index (χ2v) is 3.50. The van der Waals surface area contributed by atoms with Gasteiger partial charge in [0.25, 0.3) is 6.43 Å². The van der Waals surface area contributed by atoms with E-state index in [1.165, 1.54) is 0 Å². The summed E-state index contributed by atoms with van der Waals surface area (Å²) in [5.74, 6) is -1.32. The highest BCUT2D eigenvalue weighted by atomic mass is 79.9.